The summed E-state index contributed by atoms with van der Waals surface area (Å²) in [6, 6.07) is -4.71. The van der Waals surface area contributed by atoms with Crippen LogP contribution in [-0.4, -0.2) is 76.7 Å². The van der Waals surface area contributed by atoms with Crippen LogP contribution in [0.15, 0.2) is 0 Å². The first-order chi connectivity index (χ1) is 16.8. The molecule has 210 valence electrons. The van der Waals surface area contributed by atoms with Gasteiger partial charge in [-0.15, -0.1) is 0 Å². The SMILES string of the molecule is CCC(NC(=O)NC(C(=O)N1C[C@H](C)C[C@H]1C(=O)NC(C)C(=O)C(N)=O)C(C)(C)C)C(=O)OC(C)(C)C. The third kappa shape index (κ3) is 9.32. The second kappa shape index (κ2) is 12.4. The maximum absolute atomic E-state index is 13.7. The molecule has 0 aliphatic carbocycles. The van der Waals surface area contributed by atoms with Gasteiger partial charge in [0, 0.05) is 6.54 Å². The van der Waals surface area contributed by atoms with Crippen LogP contribution >= 0.6 is 0 Å². The van der Waals surface area contributed by atoms with Gasteiger partial charge in [-0.2, -0.15) is 0 Å². The quantitative estimate of drug-likeness (QED) is 0.252. The Bertz CT molecular complexity index is 906. The Morgan fingerprint density at radius 1 is 1.00 bits per heavy atom. The number of rotatable bonds is 9. The fraction of sp³-hybridized carbons (Fsp3) is 0.760. The number of hydrogen-bond acceptors (Lipinski definition) is 7. The van der Waals surface area contributed by atoms with Crippen molar-refractivity contribution in [2.75, 3.05) is 6.54 Å². The molecule has 12 heteroatoms. The molecule has 1 fully saturated rings. The zero-order valence-electron chi connectivity index (χ0n) is 23.4. The van der Waals surface area contributed by atoms with Crippen LogP contribution in [0.5, 0.6) is 0 Å². The van der Waals surface area contributed by atoms with Gasteiger partial charge in [0.2, 0.25) is 17.6 Å². The standard InChI is InChI=1S/C25H43N5O7/c1-10-15(22(35)37-25(7,8)9)28-23(36)29-18(24(4,5)6)21(34)30-12-13(2)11-16(30)20(33)27-14(3)17(31)19(26)32/h13-16,18H,10-12H2,1-9H3,(H2,26,32)(H,27,33)(H2,28,29,36)/t13-,14?,15?,16+,18?/m1/s1. The molecule has 0 bridgehead atoms. The number of primary amides is 1. The van der Waals surface area contributed by atoms with Gasteiger partial charge in [-0.1, -0.05) is 34.6 Å². The highest BCUT2D eigenvalue weighted by Crippen LogP contribution is 2.28. The Morgan fingerprint density at radius 3 is 2.03 bits per heavy atom. The molecule has 0 aromatic heterocycles. The smallest absolute Gasteiger partial charge is 0.329 e. The van der Waals surface area contributed by atoms with Crippen LogP contribution in [0.1, 0.15) is 75.2 Å². The highest BCUT2D eigenvalue weighted by Gasteiger charge is 2.44. The Hall–Kier alpha value is -3.18. The van der Waals surface area contributed by atoms with Crippen molar-refractivity contribution in [3.8, 4) is 0 Å². The number of likely N-dealkylation sites (tertiary alicyclic amines) is 1. The molecule has 1 aliphatic heterocycles. The van der Waals surface area contributed by atoms with Crippen LogP contribution in [-0.2, 0) is 28.7 Å². The predicted molar refractivity (Wildman–Crippen MR) is 136 cm³/mol. The van der Waals surface area contributed by atoms with Crippen molar-refractivity contribution in [1.29, 1.82) is 0 Å². The zero-order valence-corrected chi connectivity index (χ0v) is 23.4. The van der Waals surface area contributed by atoms with Gasteiger partial charge in [0.15, 0.2) is 0 Å². The van der Waals surface area contributed by atoms with E-state index in [4.69, 9.17) is 10.5 Å². The second-order valence-corrected chi connectivity index (χ2v) is 11.7. The lowest BCUT2D eigenvalue weighted by Gasteiger charge is -2.36. The van der Waals surface area contributed by atoms with Gasteiger partial charge in [0.05, 0.1) is 6.04 Å². The van der Waals surface area contributed by atoms with Gasteiger partial charge in [-0.3, -0.25) is 19.2 Å². The van der Waals surface area contributed by atoms with E-state index in [1.54, 1.807) is 48.5 Å². The summed E-state index contributed by atoms with van der Waals surface area (Å²) in [6.45, 7) is 15.7. The number of hydrogen-bond donors (Lipinski definition) is 4. The number of amides is 5. The molecule has 12 nitrogen and oxygen atoms in total. The molecule has 1 aliphatic rings. The Labute approximate surface area is 218 Å². The first kappa shape index (κ1) is 31.8. The van der Waals surface area contributed by atoms with E-state index in [0.29, 0.717) is 6.42 Å². The number of urea groups is 1. The van der Waals surface area contributed by atoms with Crippen LogP contribution in [0.3, 0.4) is 0 Å². The van der Waals surface area contributed by atoms with E-state index in [0.717, 1.165) is 0 Å². The predicted octanol–water partition coefficient (Wildman–Crippen LogP) is 0.617. The third-order valence-electron chi connectivity index (χ3n) is 5.88. The molecule has 5 amide bonds. The summed E-state index contributed by atoms with van der Waals surface area (Å²) in [5.41, 5.74) is 3.54. The number of nitrogens with zero attached hydrogens (tertiary/aromatic N) is 1. The number of ketones is 1. The number of ether oxygens (including phenoxy) is 1. The normalized spacial score (nSPS) is 20.3. The van der Waals surface area contributed by atoms with E-state index in [-0.39, 0.29) is 18.9 Å². The van der Waals surface area contributed by atoms with Gasteiger partial charge >= 0.3 is 12.0 Å². The monoisotopic (exact) mass is 525 g/mol. The maximum Gasteiger partial charge on any atom is 0.329 e. The molecule has 1 heterocycles. The number of nitrogens with two attached hydrogens (primary N) is 1. The van der Waals surface area contributed by atoms with Crippen LogP contribution in [0.4, 0.5) is 4.79 Å². The number of esters is 1. The highest BCUT2D eigenvalue weighted by atomic mass is 16.6. The lowest BCUT2D eigenvalue weighted by Crippen LogP contribution is -2.60. The van der Waals surface area contributed by atoms with Crippen molar-refractivity contribution in [2.24, 2.45) is 17.1 Å². The van der Waals surface area contributed by atoms with E-state index >= 15 is 0 Å². The van der Waals surface area contributed by atoms with Crippen molar-refractivity contribution in [2.45, 2.75) is 105 Å². The summed E-state index contributed by atoms with van der Waals surface area (Å²) in [6.07, 6.45) is 0.624. The molecule has 1 rings (SSSR count). The minimum absolute atomic E-state index is 0.0204. The topological polar surface area (TPSA) is 177 Å². The second-order valence-electron chi connectivity index (χ2n) is 11.7. The maximum atomic E-state index is 13.7. The summed E-state index contributed by atoms with van der Waals surface area (Å²) in [5, 5.41) is 7.70. The number of Topliss-reactive ketones (excluding diaryl/α,β-unsaturated/α-hetero) is 1. The molecule has 0 aromatic rings. The summed E-state index contributed by atoms with van der Waals surface area (Å²) in [7, 11) is 0. The minimum atomic E-state index is -1.17. The van der Waals surface area contributed by atoms with Crippen molar-refractivity contribution < 1.29 is 33.5 Å². The van der Waals surface area contributed by atoms with Crippen LogP contribution in [0, 0.1) is 11.3 Å². The van der Waals surface area contributed by atoms with Gasteiger partial charge < -0.3 is 31.3 Å². The summed E-state index contributed by atoms with van der Waals surface area (Å²) in [5.74, 6) is -3.79. The molecular weight excluding hydrogens is 482 g/mol. The zero-order chi connectivity index (χ0) is 28.9. The molecular formula is C25H43N5O7. The van der Waals surface area contributed by atoms with Crippen molar-refractivity contribution in [3.05, 3.63) is 0 Å². The van der Waals surface area contributed by atoms with E-state index in [1.807, 2.05) is 6.92 Å². The Balaban J connectivity index is 3.06. The molecule has 5 atom stereocenters. The molecule has 0 saturated carbocycles. The molecule has 1 saturated heterocycles. The average molecular weight is 526 g/mol. The van der Waals surface area contributed by atoms with Crippen LogP contribution < -0.4 is 21.7 Å². The Morgan fingerprint density at radius 2 is 1.57 bits per heavy atom. The minimum Gasteiger partial charge on any atom is -0.458 e. The lowest BCUT2D eigenvalue weighted by atomic mass is 9.85. The molecule has 3 unspecified atom stereocenters. The molecule has 0 radical (unpaired) electrons. The van der Waals surface area contributed by atoms with Crippen LogP contribution in [0.25, 0.3) is 0 Å². The number of carbonyl (C=O) groups is 6. The lowest BCUT2D eigenvalue weighted by molar-refractivity contribution is -0.157. The Kier molecular flexibility index (Phi) is 10.7. The average Bonchev–Trinajstić information content (AvgIpc) is 3.14. The number of carbonyl (C=O) groups excluding carboxylic acids is 6. The van der Waals surface area contributed by atoms with Gasteiger partial charge in [-0.05, 0) is 51.9 Å². The van der Waals surface area contributed by atoms with Crippen molar-refractivity contribution in [3.63, 3.8) is 0 Å². The fourth-order valence-corrected chi connectivity index (χ4v) is 3.97. The first-order valence-electron chi connectivity index (χ1n) is 12.5. The summed E-state index contributed by atoms with van der Waals surface area (Å²) < 4.78 is 5.35. The van der Waals surface area contributed by atoms with Gasteiger partial charge in [-0.25, -0.2) is 9.59 Å². The van der Waals surface area contributed by atoms with E-state index < -0.39 is 70.7 Å². The molecule has 0 spiro atoms. The van der Waals surface area contributed by atoms with Gasteiger partial charge in [0.25, 0.3) is 5.91 Å². The number of nitrogens with one attached hydrogen (secondary N) is 3. The fourth-order valence-electron chi connectivity index (χ4n) is 3.97. The van der Waals surface area contributed by atoms with Crippen molar-refractivity contribution in [1.82, 2.24) is 20.9 Å². The third-order valence-corrected chi connectivity index (χ3v) is 5.88. The van der Waals surface area contributed by atoms with E-state index in [2.05, 4.69) is 16.0 Å². The summed E-state index contributed by atoms with van der Waals surface area (Å²) in [4.78, 5) is 76.3. The molecule has 37 heavy (non-hydrogen) atoms. The van der Waals surface area contributed by atoms with Gasteiger partial charge in [0.1, 0.15) is 23.7 Å². The largest absolute Gasteiger partial charge is 0.458 e. The molecule has 0 aromatic carbocycles. The molecule has 5 N–H and O–H groups in total. The highest BCUT2D eigenvalue weighted by molar-refractivity contribution is 6.37. The first-order valence-corrected chi connectivity index (χ1v) is 12.5. The van der Waals surface area contributed by atoms with E-state index in [1.165, 1.54) is 11.8 Å². The van der Waals surface area contributed by atoms with Crippen LogP contribution in [0.2, 0.25) is 0 Å². The summed E-state index contributed by atoms with van der Waals surface area (Å²) >= 11 is 0. The van der Waals surface area contributed by atoms with Crippen molar-refractivity contribution >= 4 is 35.5 Å². The van der Waals surface area contributed by atoms with E-state index in [9.17, 15) is 28.8 Å².